The van der Waals surface area contributed by atoms with Crippen molar-refractivity contribution in [3.63, 3.8) is 0 Å². The van der Waals surface area contributed by atoms with Crippen LogP contribution < -0.4 is 9.62 Å². The summed E-state index contributed by atoms with van der Waals surface area (Å²) in [4.78, 5) is 2.45. The Hall–Kier alpha value is -1.92. The lowest BCUT2D eigenvalue weighted by atomic mass is 9.98. The average Bonchev–Trinajstić information content (AvgIpc) is 2.64. The Bertz CT molecular complexity index is 889. The van der Waals surface area contributed by atoms with Gasteiger partial charge in [-0.2, -0.15) is 0 Å². The topological polar surface area (TPSA) is 49.4 Å². The molecule has 1 aliphatic heterocycles. The van der Waals surface area contributed by atoms with E-state index in [0.717, 1.165) is 24.6 Å². The third-order valence-electron chi connectivity index (χ3n) is 5.31. The summed E-state index contributed by atoms with van der Waals surface area (Å²) in [5.74, 6) is 0.370. The minimum atomic E-state index is -3.71. The molecule has 146 valence electrons. The minimum absolute atomic E-state index is 0.0762. The van der Waals surface area contributed by atoms with Crippen LogP contribution in [0, 0.1) is 18.7 Å². The predicted octanol–water partition coefficient (Wildman–Crippen LogP) is 4.41. The number of hydrogen-bond donors (Lipinski definition) is 1. The SMILES string of the molecule is Cc1cc(S(=O)(=O)NC(C)c2ccc(N3CCC(C)CC3)cc2)ccc1F. The second-order valence-electron chi connectivity index (χ2n) is 7.52. The van der Waals surface area contributed by atoms with Gasteiger partial charge in [0.05, 0.1) is 4.90 Å². The van der Waals surface area contributed by atoms with Gasteiger partial charge in [0.1, 0.15) is 5.82 Å². The fourth-order valence-corrected chi connectivity index (χ4v) is 4.71. The van der Waals surface area contributed by atoms with Crippen molar-refractivity contribution in [3.8, 4) is 0 Å². The first-order valence-electron chi connectivity index (χ1n) is 9.39. The molecule has 1 atom stereocenters. The molecule has 1 fully saturated rings. The van der Waals surface area contributed by atoms with Crippen molar-refractivity contribution >= 4 is 15.7 Å². The summed E-state index contributed by atoms with van der Waals surface area (Å²) in [7, 11) is -3.71. The Labute approximate surface area is 161 Å². The first-order chi connectivity index (χ1) is 12.8. The number of hydrogen-bond acceptors (Lipinski definition) is 3. The van der Waals surface area contributed by atoms with Crippen molar-refractivity contribution in [2.75, 3.05) is 18.0 Å². The highest BCUT2D eigenvalue weighted by Crippen LogP contribution is 2.25. The van der Waals surface area contributed by atoms with Crippen LogP contribution in [0.25, 0.3) is 0 Å². The molecule has 2 aromatic rings. The second-order valence-corrected chi connectivity index (χ2v) is 9.23. The Morgan fingerprint density at radius 1 is 1.11 bits per heavy atom. The lowest BCUT2D eigenvalue weighted by Crippen LogP contribution is -2.32. The van der Waals surface area contributed by atoms with Crippen molar-refractivity contribution in [3.05, 3.63) is 59.4 Å². The molecule has 1 heterocycles. The highest BCUT2D eigenvalue weighted by Gasteiger charge is 2.20. The van der Waals surface area contributed by atoms with E-state index in [1.807, 2.05) is 19.1 Å². The predicted molar refractivity (Wildman–Crippen MR) is 107 cm³/mol. The summed E-state index contributed by atoms with van der Waals surface area (Å²) >= 11 is 0. The molecule has 2 aromatic carbocycles. The van der Waals surface area contributed by atoms with E-state index in [9.17, 15) is 12.8 Å². The molecule has 0 saturated carbocycles. The van der Waals surface area contributed by atoms with E-state index < -0.39 is 15.8 Å². The highest BCUT2D eigenvalue weighted by molar-refractivity contribution is 7.89. The Morgan fingerprint density at radius 2 is 1.74 bits per heavy atom. The Kier molecular flexibility index (Phi) is 5.86. The van der Waals surface area contributed by atoms with E-state index in [0.29, 0.717) is 5.56 Å². The molecule has 27 heavy (non-hydrogen) atoms. The van der Waals surface area contributed by atoms with Crippen LogP contribution in [0.2, 0.25) is 0 Å². The molecule has 1 N–H and O–H groups in total. The van der Waals surface area contributed by atoms with Gasteiger partial charge in [0.15, 0.2) is 0 Å². The molecule has 0 radical (unpaired) electrons. The number of rotatable bonds is 5. The summed E-state index contributed by atoms with van der Waals surface area (Å²) in [6, 6.07) is 11.5. The van der Waals surface area contributed by atoms with Crippen LogP contribution in [0.3, 0.4) is 0 Å². The van der Waals surface area contributed by atoms with Crippen molar-refractivity contribution in [2.45, 2.75) is 44.6 Å². The summed E-state index contributed by atoms with van der Waals surface area (Å²) in [6.45, 7) is 7.78. The molecule has 4 nitrogen and oxygen atoms in total. The van der Waals surface area contributed by atoms with Gasteiger partial charge in [-0.1, -0.05) is 19.1 Å². The van der Waals surface area contributed by atoms with Crippen LogP contribution in [0.5, 0.6) is 0 Å². The zero-order chi connectivity index (χ0) is 19.6. The number of anilines is 1. The first-order valence-corrected chi connectivity index (χ1v) is 10.9. The number of halogens is 1. The van der Waals surface area contributed by atoms with Crippen molar-refractivity contribution in [1.82, 2.24) is 4.72 Å². The van der Waals surface area contributed by atoms with E-state index in [4.69, 9.17) is 0 Å². The van der Waals surface area contributed by atoms with Crippen molar-refractivity contribution < 1.29 is 12.8 Å². The van der Waals surface area contributed by atoms with Crippen molar-refractivity contribution in [1.29, 1.82) is 0 Å². The third kappa shape index (κ3) is 4.68. The molecule has 1 unspecified atom stereocenters. The zero-order valence-electron chi connectivity index (χ0n) is 16.1. The van der Waals surface area contributed by atoms with E-state index in [1.165, 1.54) is 36.7 Å². The molecule has 6 heteroatoms. The number of nitrogens with one attached hydrogen (secondary N) is 1. The molecular formula is C21H27FN2O2S. The Balaban J connectivity index is 1.70. The third-order valence-corrected chi connectivity index (χ3v) is 6.85. The van der Waals surface area contributed by atoms with Gasteiger partial charge in [0.2, 0.25) is 10.0 Å². The fourth-order valence-electron chi connectivity index (χ4n) is 3.39. The summed E-state index contributed by atoms with van der Waals surface area (Å²) in [5, 5.41) is 0. The number of nitrogens with zero attached hydrogens (tertiary/aromatic N) is 1. The summed E-state index contributed by atoms with van der Waals surface area (Å²) < 4.78 is 41.2. The van der Waals surface area contributed by atoms with E-state index in [1.54, 1.807) is 6.92 Å². The standard InChI is InChI=1S/C21H27FN2O2S/c1-15-10-12-24(13-11-15)19-6-4-18(5-7-19)17(3)23-27(25,26)20-8-9-21(22)16(2)14-20/h4-9,14-15,17,23H,10-13H2,1-3H3. The van der Waals surface area contributed by atoms with Gasteiger partial charge in [0, 0.05) is 24.8 Å². The zero-order valence-corrected chi connectivity index (χ0v) is 16.9. The normalized spacial score (nSPS) is 17.1. The second kappa shape index (κ2) is 7.98. The monoisotopic (exact) mass is 390 g/mol. The van der Waals surface area contributed by atoms with E-state index in [2.05, 4.69) is 28.7 Å². The maximum Gasteiger partial charge on any atom is 0.241 e. The van der Waals surface area contributed by atoms with Gasteiger partial charge in [-0.25, -0.2) is 17.5 Å². The average molecular weight is 391 g/mol. The van der Waals surface area contributed by atoms with Crippen LogP contribution in [-0.4, -0.2) is 21.5 Å². The molecule has 0 aliphatic carbocycles. The van der Waals surface area contributed by atoms with Crippen LogP contribution in [-0.2, 0) is 10.0 Å². The highest BCUT2D eigenvalue weighted by atomic mass is 32.2. The van der Waals surface area contributed by atoms with Crippen LogP contribution in [0.4, 0.5) is 10.1 Å². The number of sulfonamides is 1. The molecule has 1 aliphatic rings. The number of aryl methyl sites for hydroxylation is 1. The fraction of sp³-hybridized carbons (Fsp3) is 0.429. The maximum atomic E-state index is 13.4. The van der Waals surface area contributed by atoms with Crippen molar-refractivity contribution in [2.24, 2.45) is 5.92 Å². The Morgan fingerprint density at radius 3 is 2.33 bits per heavy atom. The quantitative estimate of drug-likeness (QED) is 0.823. The lowest BCUT2D eigenvalue weighted by Gasteiger charge is -2.32. The summed E-state index contributed by atoms with van der Waals surface area (Å²) in [5.41, 5.74) is 2.38. The molecule has 0 bridgehead atoms. The van der Waals surface area contributed by atoms with E-state index >= 15 is 0 Å². The lowest BCUT2D eigenvalue weighted by molar-refractivity contribution is 0.438. The molecule has 0 amide bonds. The molecule has 0 aromatic heterocycles. The maximum absolute atomic E-state index is 13.4. The van der Waals surface area contributed by atoms with Crippen LogP contribution in [0.15, 0.2) is 47.4 Å². The van der Waals surface area contributed by atoms with Crippen LogP contribution >= 0.6 is 0 Å². The molecular weight excluding hydrogens is 363 g/mol. The van der Waals surface area contributed by atoms with Gasteiger partial charge in [-0.05, 0) is 74.1 Å². The first kappa shape index (κ1) is 19.8. The smallest absolute Gasteiger partial charge is 0.241 e. The molecule has 3 rings (SSSR count). The van der Waals surface area contributed by atoms with Gasteiger partial charge in [0.25, 0.3) is 0 Å². The summed E-state index contributed by atoms with van der Waals surface area (Å²) in [6.07, 6.45) is 2.41. The largest absolute Gasteiger partial charge is 0.372 e. The van der Waals surface area contributed by atoms with E-state index in [-0.39, 0.29) is 10.9 Å². The van der Waals surface area contributed by atoms with Gasteiger partial charge in [-0.3, -0.25) is 0 Å². The molecule has 0 spiro atoms. The van der Waals surface area contributed by atoms with Gasteiger partial charge >= 0.3 is 0 Å². The minimum Gasteiger partial charge on any atom is -0.372 e. The van der Waals surface area contributed by atoms with Gasteiger partial charge in [-0.15, -0.1) is 0 Å². The number of benzene rings is 2. The number of piperidine rings is 1. The molecule has 1 saturated heterocycles. The van der Waals surface area contributed by atoms with Gasteiger partial charge < -0.3 is 4.90 Å². The van der Waals surface area contributed by atoms with Crippen LogP contribution in [0.1, 0.15) is 43.9 Å².